The third-order valence-electron chi connectivity index (χ3n) is 1.64. The summed E-state index contributed by atoms with van der Waals surface area (Å²) in [5.74, 6) is -1.18. The molecule has 1 radical (unpaired) electrons. The van der Waals surface area contributed by atoms with Crippen molar-refractivity contribution in [3.63, 3.8) is 0 Å². The van der Waals surface area contributed by atoms with Crippen molar-refractivity contribution in [1.82, 2.24) is 9.97 Å². The zero-order valence-electron chi connectivity index (χ0n) is 9.65. The maximum Gasteiger partial charge on any atom is 2.00 e. The Hall–Kier alpha value is -1.29. The van der Waals surface area contributed by atoms with Gasteiger partial charge in [-0.2, -0.15) is 0 Å². The Labute approximate surface area is 115 Å². The number of carboxylic acid groups (broad SMARTS) is 1. The molecule has 1 aromatic rings. The van der Waals surface area contributed by atoms with Crippen molar-refractivity contribution in [3.8, 4) is 0 Å². The molecule has 0 aliphatic carbocycles. The third-order valence-corrected chi connectivity index (χ3v) is 1.64. The molecule has 1 rings (SSSR count). The second-order valence-electron chi connectivity index (χ2n) is 2.92. The van der Waals surface area contributed by atoms with Crippen molar-refractivity contribution >= 4 is 5.97 Å². The average Bonchev–Trinajstić information content (AvgIpc) is 2.90. The first-order valence-electron chi connectivity index (χ1n) is 4.88. The number of rotatable bonds is 5. The molecule has 1 atom stereocenters. The van der Waals surface area contributed by atoms with Crippen LogP contribution in [0, 0.1) is 9.93 Å². The molecule has 8 nitrogen and oxygen atoms in total. The van der Waals surface area contributed by atoms with Crippen LogP contribution in [-0.2, 0) is 21.6 Å². The Balaban J connectivity index is -0.000000236. The minimum absolute atomic E-state index is 0. The van der Waals surface area contributed by atoms with Crippen molar-refractivity contribution in [2.45, 2.75) is 25.3 Å². The topological polar surface area (TPSA) is 153 Å². The molecule has 1 unspecified atom stereocenters. The molecule has 9 heteroatoms. The van der Waals surface area contributed by atoms with Gasteiger partial charge < -0.3 is 31.3 Å². The molecule has 1 aromatic heterocycles. The van der Waals surface area contributed by atoms with Crippen LogP contribution in [0.4, 0.5) is 0 Å². The second-order valence-corrected chi connectivity index (χ2v) is 2.92. The summed E-state index contributed by atoms with van der Waals surface area (Å²) in [6.07, 6.45) is 6.81. The van der Waals surface area contributed by atoms with Crippen LogP contribution in [0.1, 0.15) is 19.3 Å². The van der Waals surface area contributed by atoms with Gasteiger partial charge in [-0.25, -0.2) is 0 Å². The number of nitrogens with two attached hydrogens (primary N) is 2. The monoisotopic (exact) mass is 303 g/mol. The van der Waals surface area contributed by atoms with Crippen molar-refractivity contribution in [2.24, 2.45) is 11.5 Å². The van der Waals surface area contributed by atoms with Crippen molar-refractivity contribution in [1.29, 1.82) is 0 Å². The van der Waals surface area contributed by atoms with Gasteiger partial charge >= 0.3 is 16.8 Å². The first-order valence-corrected chi connectivity index (χ1v) is 4.88. The molecular formula is C9H16CoN4O4. The Morgan fingerprint density at radius 3 is 2.28 bits per heavy atom. The molecule has 0 aliphatic rings. The van der Waals surface area contributed by atoms with E-state index in [9.17, 15) is 9.90 Å². The molecule has 0 fully saturated rings. The molecule has 0 aliphatic heterocycles. The fourth-order valence-corrected chi connectivity index (χ4v) is 0.819. The van der Waals surface area contributed by atoms with Gasteiger partial charge in [-0.3, -0.25) is 0 Å². The van der Waals surface area contributed by atoms with Gasteiger partial charge in [0.05, 0.1) is 5.97 Å². The molecule has 0 saturated carbocycles. The number of carbonyl (C=O) groups excluding carboxylic acids is 1. The molecule has 0 saturated heterocycles. The summed E-state index contributed by atoms with van der Waals surface area (Å²) in [4.78, 5) is 31.2. The van der Waals surface area contributed by atoms with E-state index in [1.165, 1.54) is 6.33 Å². The summed E-state index contributed by atoms with van der Waals surface area (Å²) in [5, 5.41) is 10.0. The number of nitrogens with zero attached hydrogens (tertiary/aromatic N) is 2. The Bertz CT molecular complexity index is 244. The van der Waals surface area contributed by atoms with E-state index in [1.54, 1.807) is 12.4 Å². The van der Waals surface area contributed by atoms with Gasteiger partial charge in [-0.1, -0.05) is 25.1 Å². The van der Waals surface area contributed by atoms with E-state index in [1.807, 2.05) is 0 Å². The maximum atomic E-state index is 10.0. The van der Waals surface area contributed by atoms with Crippen LogP contribution in [0.2, 0.25) is 0 Å². The van der Waals surface area contributed by atoms with E-state index in [0.717, 1.165) is 12.8 Å². The van der Waals surface area contributed by atoms with E-state index in [2.05, 4.69) is 9.97 Å². The van der Waals surface area contributed by atoms with E-state index in [0.29, 0.717) is 13.0 Å². The van der Waals surface area contributed by atoms with Crippen LogP contribution in [0.3, 0.4) is 0 Å². The fourth-order valence-electron chi connectivity index (χ4n) is 0.819. The van der Waals surface area contributed by atoms with Crippen LogP contribution in [0.25, 0.3) is 0 Å². The second kappa shape index (κ2) is 18.1. The predicted molar refractivity (Wildman–Crippen MR) is 60.2 cm³/mol. The number of imidazole rings is 1. The van der Waals surface area contributed by atoms with Gasteiger partial charge in [0.15, 0.2) is 0 Å². The Morgan fingerprint density at radius 2 is 2.00 bits per heavy atom. The number of unbranched alkanes of at least 4 members (excludes halogenated alkanes) is 1. The smallest absolute Gasteiger partial charge is 0.548 e. The number of aromatic nitrogens is 2. The zero-order valence-corrected chi connectivity index (χ0v) is 10.7. The maximum absolute atomic E-state index is 10.0. The van der Waals surface area contributed by atoms with Crippen molar-refractivity contribution in [3.05, 3.63) is 28.7 Å². The predicted octanol–water partition coefficient (Wildman–Crippen LogP) is -1.70. The van der Waals surface area contributed by atoms with Crippen molar-refractivity contribution < 1.29 is 26.7 Å². The van der Waals surface area contributed by atoms with E-state index >= 15 is 0 Å². The summed E-state index contributed by atoms with van der Waals surface area (Å²) in [5.41, 5.74) is 10.3. The van der Waals surface area contributed by atoms with E-state index in [4.69, 9.17) is 21.4 Å². The number of carbonyl (C=O) groups is 1. The standard InChI is InChI=1S/C6H14N2O2.C3H3N2.Co.O2/c7-4-2-1-3-5(8)6(9)10;1-2-5-3-4-1;;1-2/h5H,1-4,7-8H2,(H,9,10);1-3H;;/q;-1;+2;/p-1. The summed E-state index contributed by atoms with van der Waals surface area (Å²) >= 11 is 0. The fraction of sp³-hybridized carbons (Fsp3) is 0.556. The largest absolute Gasteiger partial charge is 2.00 e. The molecular weight excluding hydrogens is 287 g/mol. The molecule has 0 spiro atoms. The first kappa shape index (κ1) is 21.9. The minimum Gasteiger partial charge on any atom is -0.548 e. The summed E-state index contributed by atoms with van der Waals surface area (Å²) in [7, 11) is 0. The van der Waals surface area contributed by atoms with E-state index in [-0.39, 0.29) is 16.8 Å². The van der Waals surface area contributed by atoms with Crippen LogP contribution < -0.4 is 21.6 Å². The van der Waals surface area contributed by atoms with Crippen LogP contribution >= 0.6 is 0 Å². The SMILES string of the molecule is NCCCCC(N)C(=O)[O-].O=O.[Co+2].c1c[n-]cn1. The summed E-state index contributed by atoms with van der Waals surface area (Å²) in [6.45, 7) is 0.583. The molecule has 18 heavy (non-hydrogen) atoms. The van der Waals surface area contributed by atoms with Gasteiger partial charge in [0.25, 0.3) is 0 Å². The number of hydrogen-bond acceptors (Lipinski definition) is 7. The van der Waals surface area contributed by atoms with Crippen LogP contribution in [0.5, 0.6) is 0 Å². The van der Waals surface area contributed by atoms with E-state index < -0.39 is 12.0 Å². The number of aliphatic carboxylic acids is 1. The summed E-state index contributed by atoms with van der Waals surface area (Å²) < 4.78 is 0. The molecule has 1 heterocycles. The molecule has 4 N–H and O–H groups in total. The summed E-state index contributed by atoms with van der Waals surface area (Å²) in [6, 6.07) is -0.827. The normalized spacial score (nSPS) is 9.67. The van der Waals surface area contributed by atoms with Crippen molar-refractivity contribution in [2.75, 3.05) is 6.54 Å². The van der Waals surface area contributed by atoms with Crippen LogP contribution in [0.15, 0.2) is 18.7 Å². The van der Waals surface area contributed by atoms with Gasteiger partial charge in [0.1, 0.15) is 0 Å². The quantitative estimate of drug-likeness (QED) is 0.610. The van der Waals surface area contributed by atoms with Gasteiger partial charge in [-0.15, -0.1) is 0 Å². The van der Waals surface area contributed by atoms with Gasteiger partial charge in [-0.05, 0) is 19.4 Å². The average molecular weight is 303 g/mol. The number of carboxylic acids is 1. The molecule has 0 amide bonds. The molecule has 0 bridgehead atoms. The molecule has 105 valence electrons. The van der Waals surface area contributed by atoms with Crippen LogP contribution in [-0.4, -0.2) is 23.5 Å². The first-order chi connectivity index (χ1) is 8.18. The Morgan fingerprint density at radius 1 is 1.39 bits per heavy atom. The minimum atomic E-state index is -1.18. The third kappa shape index (κ3) is 17.1. The molecule has 0 aromatic carbocycles. The van der Waals surface area contributed by atoms with Gasteiger partial charge in [0, 0.05) is 16.0 Å². The Kier molecular flexibility index (Phi) is 22.0. The number of hydrogen-bond donors (Lipinski definition) is 2. The zero-order chi connectivity index (χ0) is 13.5. The van der Waals surface area contributed by atoms with Gasteiger partial charge in [0.2, 0.25) is 0 Å².